The van der Waals surface area contributed by atoms with Crippen molar-refractivity contribution in [2.75, 3.05) is 0 Å². The van der Waals surface area contributed by atoms with Crippen molar-refractivity contribution in [2.24, 2.45) is 12.9 Å². The fraction of sp³-hybridized carbons (Fsp3) is 0.200. The van der Waals surface area contributed by atoms with E-state index in [0.717, 1.165) is 27.9 Å². The number of imidazole rings is 1. The number of fused-ring (bicyclic) bond motifs is 1. The summed E-state index contributed by atoms with van der Waals surface area (Å²) in [6, 6.07) is 10.1. The number of aromatic nitrogens is 3. The molecule has 20 heavy (non-hydrogen) atoms. The maximum atomic E-state index is 5.70. The van der Waals surface area contributed by atoms with Gasteiger partial charge in [0.1, 0.15) is 0 Å². The van der Waals surface area contributed by atoms with Crippen LogP contribution in [0.1, 0.15) is 23.0 Å². The van der Waals surface area contributed by atoms with Crippen molar-refractivity contribution in [3.8, 4) is 0 Å². The van der Waals surface area contributed by atoms with Crippen molar-refractivity contribution in [1.29, 1.82) is 0 Å². The van der Waals surface area contributed by atoms with Crippen LogP contribution < -0.4 is 11.3 Å². The van der Waals surface area contributed by atoms with Gasteiger partial charge in [0, 0.05) is 24.3 Å². The lowest BCUT2D eigenvalue weighted by Gasteiger charge is -2.14. The smallest absolute Gasteiger partial charge is 0.0947 e. The first-order chi connectivity index (χ1) is 9.67. The fourth-order valence-corrected chi connectivity index (χ4v) is 2.36. The highest BCUT2D eigenvalue weighted by molar-refractivity contribution is 5.79. The summed E-state index contributed by atoms with van der Waals surface area (Å²) in [4.78, 5) is 8.87. The van der Waals surface area contributed by atoms with Crippen LogP contribution in [0.15, 0.2) is 42.9 Å². The first-order valence-corrected chi connectivity index (χ1v) is 6.48. The molecule has 1 atom stereocenters. The van der Waals surface area contributed by atoms with Crippen molar-refractivity contribution in [1.82, 2.24) is 20.0 Å². The predicted molar refractivity (Wildman–Crippen MR) is 78.9 cm³/mol. The molecule has 0 spiro atoms. The third kappa shape index (κ3) is 2.29. The summed E-state index contributed by atoms with van der Waals surface area (Å²) in [5.74, 6) is 5.70. The Bertz CT molecular complexity index is 747. The van der Waals surface area contributed by atoms with Gasteiger partial charge in [-0.1, -0.05) is 12.1 Å². The molecule has 5 heteroatoms. The Labute approximate surface area is 117 Å². The van der Waals surface area contributed by atoms with E-state index in [0.29, 0.717) is 0 Å². The maximum absolute atomic E-state index is 5.70. The van der Waals surface area contributed by atoms with Crippen molar-refractivity contribution in [2.45, 2.75) is 13.0 Å². The molecule has 5 nitrogen and oxygen atoms in total. The predicted octanol–water partition coefficient (Wildman–Crippen LogP) is 1.83. The second kappa shape index (κ2) is 5.03. The molecule has 0 saturated heterocycles. The lowest BCUT2D eigenvalue weighted by molar-refractivity contribution is 0.623. The number of hydrogen-bond acceptors (Lipinski definition) is 4. The van der Waals surface area contributed by atoms with Gasteiger partial charge >= 0.3 is 0 Å². The second-order valence-corrected chi connectivity index (χ2v) is 4.97. The minimum atomic E-state index is -0.123. The highest BCUT2D eigenvalue weighted by Gasteiger charge is 2.15. The molecule has 0 aliphatic heterocycles. The molecular weight excluding hydrogens is 250 g/mol. The molecule has 3 N–H and O–H groups in total. The van der Waals surface area contributed by atoms with E-state index in [1.807, 2.05) is 42.9 Å². The Kier molecular flexibility index (Phi) is 3.22. The Hall–Kier alpha value is -2.24. The molecule has 2 aromatic heterocycles. The standard InChI is InChI=1S/C15H17N5/c1-10-3-4-11-7-12(5-6-13(11)18-10)15(19-16)14-8-20(2)9-17-14/h3-9,15,19H,16H2,1-2H3. The summed E-state index contributed by atoms with van der Waals surface area (Å²) in [5.41, 5.74) is 6.81. The van der Waals surface area contributed by atoms with Crippen LogP contribution in [0, 0.1) is 6.92 Å². The highest BCUT2D eigenvalue weighted by atomic mass is 15.2. The van der Waals surface area contributed by atoms with Crippen LogP contribution in [-0.4, -0.2) is 14.5 Å². The largest absolute Gasteiger partial charge is 0.340 e. The van der Waals surface area contributed by atoms with E-state index in [1.54, 1.807) is 6.33 Å². The van der Waals surface area contributed by atoms with E-state index >= 15 is 0 Å². The fourth-order valence-electron chi connectivity index (χ4n) is 2.36. The van der Waals surface area contributed by atoms with Gasteiger partial charge in [-0.3, -0.25) is 10.8 Å². The summed E-state index contributed by atoms with van der Waals surface area (Å²) in [6.07, 6.45) is 3.73. The number of benzene rings is 1. The average molecular weight is 267 g/mol. The van der Waals surface area contributed by atoms with Gasteiger partial charge in [-0.05, 0) is 30.7 Å². The Morgan fingerprint density at radius 2 is 2.10 bits per heavy atom. The number of hydrazine groups is 1. The molecule has 1 unspecified atom stereocenters. The van der Waals surface area contributed by atoms with Crippen LogP contribution in [0.25, 0.3) is 10.9 Å². The van der Waals surface area contributed by atoms with Gasteiger partial charge in [-0.25, -0.2) is 10.4 Å². The number of nitrogens with one attached hydrogen (secondary N) is 1. The molecule has 2 heterocycles. The van der Waals surface area contributed by atoms with E-state index in [2.05, 4.69) is 27.5 Å². The first kappa shape index (κ1) is 12.8. The van der Waals surface area contributed by atoms with E-state index in [4.69, 9.17) is 5.84 Å². The zero-order valence-corrected chi connectivity index (χ0v) is 11.5. The van der Waals surface area contributed by atoms with Crippen LogP contribution in [0.4, 0.5) is 0 Å². The van der Waals surface area contributed by atoms with Crippen molar-refractivity contribution < 1.29 is 0 Å². The van der Waals surface area contributed by atoms with Gasteiger partial charge in [0.2, 0.25) is 0 Å². The van der Waals surface area contributed by atoms with Gasteiger partial charge < -0.3 is 4.57 Å². The van der Waals surface area contributed by atoms with E-state index in [9.17, 15) is 0 Å². The quantitative estimate of drug-likeness (QED) is 0.561. The molecule has 0 amide bonds. The highest BCUT2D eigenvalue weighted by Crippen LogP contribution is 2.23. The maximum Gasteiger partial charge on any atom is 0.0947 e. The molecule has 1 aromatic carbocycles. The zero-order chi connectivity index (χ0) is 14.1. The van der Waals surface area contributed by atoms with Crippen molar-refractivity contribution in [3.63, 3.8) is 0 Å². The van der Waals surface area contributed by atoms with Crippen LogP contribution in [-0.2, 0) is 7.05 Å². The third-order valence-electron chi connectivity index (χ3n) is 3.37. The lowest BCUT2D eigenvalue weighted by atomic mass is 10.0. The Morgan fingerprint density at radius 1 is 1.25 bits per heavy atom. The molecule has 102 valence electrons. The molecule has 0 fully saturated rings. The number of nitrogens with zero attached hydrogens (tertiary/aromatic N) is 3. The number of hydrogen-bond donors (Lipinski definition) is 2. The summed E-state index contributed by atoms with van der Waals surface area (Å²) in [7, 11) is 1.94. The van der Waals surface area contributed by atoms with Gasteiger partial charge in [0.15, 0.2) is 0 Å². The van der Waals surface area contributed by atoms with Crippen LogP contribution >= 0.6 is 0 Å². The zero-order valence-electron chi connectivity index (χ0n) is 11.5. The van der Waals surface area contributed by atoms with Crippen molar-refractivity contribution in [3.05, 3.63) is 59.8 Å². The van der Waals surface area contributed by atoms with Crippen molar-refractivity contribution >= 4 is 10.9 Å². The molecule has 0 bridgehead atoms. The van der Waals surface area contributed by atoms with Gasteiger partial charge in [0.25, 0.3) is 0 Å². The SMILES string of the molecule is Cc1ccc2cc(C(NN)c3cn(C)cn3)ccc2n1. The number of aryl methyl sites for hydroxylation is 2. The summed E-state index contributed by atoms with van der Waals surface area (Å²) in [5, 5.41) is 1.10. The Balaban J connectivity index is 2.05. The minimum Gasteiger partial charge on any atom is -0.340 e. The molecule has 0 radical (unpaired) electrons. The van der Waals surface area contributed by atoms with Gasteiger partial charge in [0.05, 0.1) is 23.6 Å². The molecule has 0 saturated carbocycles. The van der Waals surface area contributed by atoms with E-state index in [-0.39, 0.29) is 6.04 Å². The van der Waals surface area contributed by atoms with Crippen LogP contribution in [0.3, 0.4) is 0 Å². The van der Waals surface area contributed by atoms with Gasteiger partial charge in [-0.2, -0.15) is 0 Å². The van der Waals surface area contributed by atoms with Crippen LogP contribution in [0.2, 0.25) is 0 Å². The average Bonchev–Trinajstić information content (AvgIpc) is 2.86. The lowest BCUT2D eigenvalue weighted by Crippen LogP contribution is -2.29. The molecule has 3 rings (SSSR count). The summed E-state index contributed by atoms with van der Waals surface area (Å²) >= 11 is 0. The molecule has 0 aliphatic carbocycles. The molecule has 0 aliphatic rings. The number of nitrogens with two attached hydrogens (primary N) is 1. The normalized spacial score (nSPS) is 12.8. The topological polar surface area (TPSA) is 68.8 Å². The number of pyridine rings is 1. The van der Waals surface area contributed by atoms with Crippen LogP contribution in [0.5, 0.6) is 0 Å². The molecule has 3 aromatic rings. The van der Waals surface area contributed by atoms with Gasteiger partial charge in [-0.15, -0.1) is 0 Å². The molecular formula is C15H17N5. The Morgan fingerprint density at radius 3 is 2.80 bits per heavy atom. The summed E-state index contributed by atoms with van der Waals surface area (Å²) in [6.45, 7) is 1.99. The third-order valence-corrected chi connectivity index (χ3v) is 3.37. The monoisotopic (exact) mass is 267 g/mol. The van der Waals surface area contributed by atoms with E-state index in [1.165, 1.54) is 0 Å². The summed E-state index contributed by atoms with van der Waals surface area (Å²) < 4.78 is 1.91. The van der Waals surface area contributed by atoms with E-state index < -0.39 is 0 Å². The minimum absolute atomic E-state index is 0.123. The second-order valence-electron chi connectivity index (χ2n) is 4.97. The number of rotatable bonds is 3. The first-order valence-electron chi connectivity index (χ1n) is 6.48.